The van der Waals surface area contributed by atoms with Crippen LogP contribution in [0.3, 0.4) is 0 Å². The van der Waals surface area contributed by atoms with Crippen molar-refractivity contribution in [1.29, 1.82) is 0 Å². The summed E-state index contributed by atoms with van der Waals surface area (Å²) in [6.45, 7) is 2.94. The van der Waals surface area contributed by atoms with Crippen molar-refractivity contribution in [3.05, 3.63) is 36.0 Å². The molecule has 14 heteroatoms. The number of aliphatic imine (C=N–C) groups is 1. The van der Waals surface area contributed by atoms with Crippen LogP contribution in [0.5, 0.6) is 0 Å². The Bertz CT molecular complexity index is 1180. The summed E-state index contributed by atoms with van der Waals surface area (Å²) in [6, 6.07) is 2.65. The maximum absolute atomic E-state index is 13.3. The largest absolute Gasteiger partial charge is 0.480 e. The van der Waals surface area contributed by atoms with Crippen LogP contribution in [-0.2, 0) is 25.6 Å². The number of aliphatic carboxylic acids is 1. The third-order valence-corrected chi connectivity index (χ3v) is 6.07. The van der Waals surface area contributed by atoms with Crippen LogP contribution in [0.25, 0.3) is 10.9 Å². The first-order valence-electron chi connectivity index (χ1n) is 12.5. The summed E-state index contributed by atoms with van der Waals surface area (Å²) < 4.78 is 0. The molecular formula is C25H38N8O6. The summed E-state index contributed by atoms with van der Waals surface area (Å²) in [7, 11) is 0. The number of guanidine groups is 1. The number of aromatic amines is 1. The van der Waals surface area contributed by atoms with Gasteiger partial charge in [0.05, 0.1) is 6.61 Å². The van der Waals surface area contributed by atoms with Crippen LogP contribution in [0.2, 0.25) is 0 Å². The smallest absolute Gasteiger partial charge is 0.326 e. The number of H-pyrrole nitrogens is 1. The summed E-state index contributed by atoms with van der Waals surface area (Å²) in [5, 5.41) is 27.4. The highest BCUT2D eigenvalue weighted by Crippen LogP contribution is 2.19. The normalized spacial score (nSPS) is 14.2. The first-order chi connectivity index (χ1) is 18.4. The molecule has 4 atom stereocenters. The molecule has 1 aromatic heterocycles. The number of benzene rings is 1. The third-order valence-electron chi connectivity index (χ3n) is 6.07. The number of hydrogen-bond acceptors (Lipinski definition) is 7. The number of nitrogens with zero attached hydrogens (tertiary/aromatic N) is 1. The Hall–Kier alpha value is -4.17. The molecular weight excluding hydrogens is 508 g/mol. The van der Waals surface area contributed by atoms with Gasteiger partial charge in [-0.25, -0.2) is 4.79 Å². The molecule has 0 radical (unpaired) electrons. The number of para-hydroxylation sites is 1. The van der Waals surface area contributed by atoms with E-state index in [1.807, 2.05) is 24.3 Å². The zero-order valence-corrected chi connectivity index (χ0v) is 22.0. The van der Waals surface area contributed by atoms with Crippen LogP contribution in [0.4, 0.5) is 0 Å². The van der Waals surface area contributed by atoms with Gasteiger partial charge in [0.2, 0.25) is 17.7 Å². The van der Waals surface area contributed by atoms with Gasteiger partial charge in [-0.2, -0.15) is 0 Å². The number of nitrogens with two attached hydrogens (primary N) is 3. The van der Waals surface area contributed by atoms with Crippen LogP contribution >= 0.6 is 0 Å². The lowest BCUT2D eigenvalue weighted by atomic mass is 10.0. The molecule has 0 fully saturated rings. The van der Waals surface area contributed by atoms with Crippen LogP contribution in [0.1, 0.15) is 32.3 Å². The number of carboxylic acids is 1. The van der Waals surface area contributed by atoms with Gasteiger partial charge in [0.1, 0.15) is 24.2 Å². The van der Waals surface area contributed by atoms with E-state index in [1.54, 1.807) is 20.0 Å². The highest BCUT2D eigenvalue weighted by Gasteiger charge is 2.31. The van der Waals surface area contributed by atoms with E-state index in [9.17, 15) is 24.3 Å². The first-order valence-corrected chi connectivity index (χ1v) is 12.5. The minimum absolute atomic E-state index is 0.00345. The first kappa shape index (κ1) is 31.1. The standard InChI is InChI=1S/C25H38N8O6/c1-13(2)20(33-21(35)16(26)12-34)23(37)31-18(8-5-9-29-25(27)28)22(36)32-19(24(38)39)10-14-11-30-17-7-4-3-6-15(14)17/h3-4,6-7,11,13,16,18-20,30,34H,5,8-10,12,26H2,1-2H3,(H,31,37)(H,32,36)(H,33,35)(H,38,39)(H4,27,28,29). The molecule has 3 amide bonds. The third kappa shape index (κ3) is 9.26. The number of aliphatic hydroxyl groups excluding tert-OH is 1. The average molecular weight is 547 g/mol. The minimum Gasteiger partial charge on any atom is -0.480 e. The molecule has 12 N–H and O–H groups in total. The molecule has 4 unspecified atom stereocenters. The maximum atomic E-state index is 13.3. The zero-order chi connectivity index (χ0) is 29.1. The fourth-order valence-electron chi connectivity index (χ4n) is 3.90. The molecule has 0 spiro atoms. The van der Waals surface area contributed by atoms with Gasteiger partial charge < -0.3 is 48.3 Å². The number of rotatable bonds is 15. The van der Waals surface area contributed by atoms with Crippen molar-refractivity contribution in [2.75, 3.05) is 13.2 Å². The number of carbonyl (C=O) groups excluding carboxylic acids is 3. The van der Waals surface area contributed by atoms with E-state index < -0.39 is 54.5 Å². The van der Waals surface area contributed by atoms with Gasteiger partial charge in [0, 0.05) is 30.1 Å². The molecule has 1 aromatic carbocycles. The van der Waals surface area contributed by atoms with E-state index in [0.29, 0.717) is 12.0 Å². The quantitative estimate of drug-likeness (QED) is 0.0698. The molecule has 0 saturated heterocycles. The second-order valence-electron chi connectivity index (χ2n) is 9.49. The molecule has 39 heavy (non-hydrogen) atoms. The van der Waals surface area contributed by atoms with E-state index in [2.05, 4.69) is 25.9 Å². The van der Waals surface area contributed by atoms with E-state index in [0.717, 1.165) is 10.9 Å². The number of amides is 3. The summed E-state index contributed by atoms with van der Waals surface area (Å²) in [5.74, 6) is -3.89. The second kappa shape index (κ2) is 14.7. The molecule has 0 bridgehead atoms. The average Bonchev–Trinajstić information content (AvgIpc) is 3.30. The highest BCUT2D eigenvalue weighted by molar-refractivity contribution is 5.94. The van der Waals surface area contributed by atoms with Crippen molar-refractivity contribution in [1.82, 2.24) is 20.9 Å². The Balaban J connectivity index is 2.21. The van der Waals surface area contributed by atoms with Crippen LogP contribution in [-0.4, -0.2) is 82.2 Å². The van der Waals surface area contributed by atoms with Crippen molar-refractivity contribution in [2.45, 2.75) is 57.3 Å². The molecule has 0 saturated carbocycles. The van der Waals surface area contributed by atoms with E-state index in [1.165, 1.54) is 0 Å². The minimum atomic E-state index is -1.28. The van der Waals surface area contributed by atoms with E-state index in [4.69, 9.17) is 22.3 Å². The summed E-state index contributed by atoms with van der Waals surface area (Å²) in [6.07, 6.45) is 2.07. The van der Waals surface area contributed by atoms with Crippen molar-refractivity contribution in [3.8, 4) is 0 Å². The summed E-state index contributed by atoms with van der Waals surface area (Å²) in [5.41, 5.74) is 17.8. The molecule has 2 aromatic rings. The highest BCUT2D eigenvalue weighted by atomic mass is 16.4. The Kier molecular flexibility index (Phi) is 11.7. The number of fused-ring (bicyclic) bond motifs is 1. The van der Waals surface area contributed by atoms with Gasteiger partial charge in [0.15, 0.2) is 5.96 Å². The van der Waals surface area contributed by atoms with Gasteiger partial charge in [-0.3, -0.25) is 19.4 Å². The van der Waals surface area contributed by atoms with Crippen molar-refractivity contribution in [2.24, 2.45) is 28.1 Å². The molecule has 2 rings (SSSR count). The lowest BCUT2D eigenvalue weighted by molar-refractivity contribution is -0.142. The Morgan fingerprint density at radius 1 is 1.00 bits per heavy atom. The topological polar surface area (TPSA) is 251 Å². The van der Waals surface area contributed by atoms with Crippen molar-refractivity contribution in [3.63, 3.8) is 0 Å². The van der Waals surface area contributed by atoms with Crippen LogP contribution in [0.15, 0.2) is 35.5 Å². The Morgan fingerprint density at radius 3 is 2.28 bits per heavy atom. The lowest BCUT2D eigenvalue weighted by Gasteiger charge is -2.26. The predicted octanol–water partition coefficient (Wildman–Crippen LogP) is -1.72. The molecule has 1 heterocycles. The van der Waals surface area contributed by atoms with E-state index in [-0.39, 0.29) is 31.3 Å². The zero-order valence-electron chi connectivity index (χ0n) is 22.0. The fourth-order valence-corrected chi connectivity index (χ4v) is 3.90. The second-order valence-corrected chi connectivity index (χ2v) is 9.49. The Labute approximate surface area is 225 Å². The summed E-state index contributed by atoms with van der Waals surface area (Å²) >= 11 is 0. The molecule has 214 valence electrons. The summed E-state index contributed by atoms with van der Waals surface area (Å²) in [4.78, 5) is 57.6. The monoisotopic (exact) mass is 546 g/mol. The van der Waals surface area contributed by atoms with Gasteiger partial charge in [-0.1, -0.05) is 32.0 Å². The molecule has 0 aliphatic rings. The molecule has 14 nitrogen and oxygen atoms in total. The number of carbonyl (C=O) groups is 4. The van der Waals surface area contributed by atoms with Crippen LogP contribution < -0.4 is 33.2 Å². The molecule has 0 aliphatic heterocycles. The van der Waals surface area contributed by atoms with Crippen molar-refractivity contribution >= 4 is 40.6 Å². The number of nitrogens with one attached hydrogen (secondary N) is 4. The van der Waals surface area contributed by atoms with Gasteiger partial charge in [-0.05, 0) is 30.4 Å². The predicted molar refractivity (Wildman–Crippen MR) is 145 cm³/mol. The van der Waals surface area contributed by atoms with Gasteiger partial charge in [-0.15, -0.1) is 0 Å². The van der Waals surface area contributed by atoms with Crippen molar-refractivity contribution < 1.29 is 29.4 Å². The number of aromatic nitrogens is 1. The SMILES string of the molecule is CC(C)C(NC(=O)C(N)CO)C(=O)NC(CCCN=C(N)N)C(=O)NC(Cc1c[nH]c2ccccc12)C(=O)O. The van der Waals surface area contributed by atoms with E-state index >= 15 is 0 Å². The Morgan fingerprint density at radius 2 is 1.67 bits per heavy atom. The maximum Gasteiger partial charge on any atom is 0.326 e. The number of hydrogen-bond donors (Lipinski definition) is 9. The number of carboxylic acid groups (broad SMARTS) is 1. The van der Waals surface area contributed by atoms with Crippen LogP contribution in [0, 0.1) is 5.92 Å². The molecule has 0 aliphatic carbocycles. The fraction of sp³-hybridized carbons (Fsp3) is 0.480. The van der Waals surface area contributed by atoms with Gasteiger partial charge >= 0.3 is 5.97 Å². The van der Waals surface area contributed by atoms with Gasteiger partial charge in [0.25, 0.3) is 0 Å². The number of aliphatic hydroxyl groups is 1. The lowest BCUT2D eigenvalue weighted by Crippen LogP contribution is -2.58.